The minimum absolute atomic E-state index is 0.196. The van der Waals surface area contributed by atoms with Crippen molar-refractivity contribution in [1.82, 2.24) is 0 Å². The number of aliphatic hydroxyl groups excluding tert-OH is 3. The van der Waals surface area contributed by atoms with Gasteiger partial charge in [0, 0.05) is 0 Å². The van der Waals surface area contributed by atoms with Gasteiger partial charge in [-0.15, -0.1) is 0 Å². The van der Waals surface area contributed by atoms with Gasteiger partial charge in [-0.05, 0) is 24.1 Å². The zero-order valence-electron chi connectivity index (χ0n) is 12.6. The van der Waals surface area contributed by atoms with Gasteiger partial charge in [0.25, 0.3) is 0 Å². The molecule has 0 spiro atoms. The largest absolute Gasteiger partial charge is 0.479 e. The fourth-order valence-electron chi connectivity index (χ4n) is 2.42. The number of benzene rings is 1. The molecule has 0 aliphatic carbocycles. The summed E-state index contributed by atoms with van der Waals surface area (Å²) in [5, 5.41) is 38.3. The zero-order valence-corrected chi connectivity index (χ0v) is 12.6. The van der Waals surface area contributed by atoms with Crippen LogP contribution < -0.4 is 10.5 Å². The molecule has 8 nitrogen and oxygen atoms in total. The lowest BCUT2D eigenvalue weighted by Gasteiger charge is -2.38. The van der Waals surface area contributed by atoms with Gasteiger partial charge in [0.2, 0.25) is 6.29 Å². The molecule has 1 aliphatic heterocycles. The predicted octanol–water partition coefficient (Wildman–Crippen LogP) is -0.508. The van der Waals surface area contributed by atoms with Crippen molar-refractivity contribution in [3.05, 3.63) is 23.8 Å². The molecule has 1 aromatic carbocycles. The second-order valence-corrected chi connectivity index (χ2v) is 5.48. The summed E-state index contributed by atoms with van der Waals surface area (Å²) in [7, 11) is 0. The molecule has 1 fully saturated rings. The number of anilines is 1. The van der Waals surface area contributed by atoms with E-state index in [-0.39, 0.29) is 5.75 Å². The van der Waals surface area contributed by atoms with Crippen LogP contribution in [0.1, 0.15) is 18.9 Å². The topological polar surface area (TPSA) is 142 Å². The first-order chi connectivity index (χ1) is 10.8. The summed E-state index contributed by atoms with van der Waals surface area (Å²) in [4.78, 5) is 11.0. The van der Waals surface area contributed by atoms with E-state index in [2.05, 4.69) is 0 Å². The molecule has 1 aromatic rings. The molecule has 0 saturated carbocycles. The maximum atomic E-state index is 11.0. The SMILES string of the molecule is CCCc1ccc(O[C@@H]2O[C@H](C(=O)O)[C@@H](O)[C@H](O)[C@H]2O)c(N)c1. The molecular weight excluding hydrogens is 306 g/mol. The number of carboxylic acid groups (broad SMARTS) is 1. The van der Waals surface area contributed by atoms with Crippen LogP contribution in [-0.4, -0.2) is 57.1 Å². The van der Waals surface area contributed by atoms with Crippen molar-refractivity contribution in [2.75, 3.05) is 5.73 Å². The summed E-state index contributed by atoms with van der Waals surface area (Å²) < 4.78 is 10.4. The summed E-state index contributed by atoms with van der Waals surface area (Å²) in [5.74, 6) is -1.27. The van der Waals surface area contributed by atoms with Crippen molar-refractivity contribution in [1.29, 1.82) is 0 Å². The van der Waals surface area contributed by atoms with Crippen LogP contribution in [0.3, 0.4) is 0 Å². The van der Waals surface area contributed by atoms with E-state index in [0.29, 0.717) is 5.69 Å². The average Bonchev–Trinajstić information content (AvgIpc) is 2.50. The molecule has 1 saturated heterocycles. The Hall–Kier alpha value is -1.87. The van der Waals surface area contributed by atoms with Gasteiger partial charge in [-0.1, -0.05) is 19.4 Å². The van der Waals surface area contributed by atoms with Gasteiger partial charge < -0.3 is 35.6 Å². The van der Waals surface area contributed by atoms with Gasteiger partial charge in [0.1, 0.15) is 24.1 Å². The van der Waals surface area contributed by atoms with E-state index >= 15 is 0 Å². The molecule has 0 aromatic heterocycles. The van der Waals surface area contributed by atoms with E-state index in [9.17, 15) is 20.1 Å². The third-order valence-electron chi connectivity index (χ3n) is 3.67. The van der Waals surface area contributed by atoms with E-state index in [4.69, 9.17) is 20.3 Å². The molecule has 128 valence electrons. The molecule has 0 bridgehead atoms. The number of aryl methyl sites for hydroxylation is 1. The Morgan fingerprint density at radius 2 is 1.96 bits per heavy atom. The van der Waals surface area contributed by atoms with Crippen LogP contribution in [0.25, 0.3) is 0 Å². The Kier molecular flexibility index (Phi) is 5.42. The van der Waals surface area contributed by atoms with E-state index in [1.165, 1.54) is 0 Å². The van der Waals surface area contributed by atoms with Crippen LogP contribution in [0.2, 0.25) is 0 Å². The lowest BCUT2D eigenvalue weighted by molar-refractivity contribution is -0.271. The fourth-order valence-corrected chi connectivity index (χ4v) is 2.42. The number of nitrogens with two attached hydrogens (primary N) is 1. The molecule has 6 N–H and O–H groups in total. The van der Waals surface area contributed by atoms with E-state index in [0.717, 1.165) is 18.4 Å². The Bertz CT molecular complexity index is 565. The highest BCUT2D eigenvalue weighted by molar-refractivity contribution is 5.73. The third-order valence-corrected chi connectivity index (χ3v) is 3.67. The highest BCUT2D eigenvalue weighted by Crippen LogP contribution is 2.29. The minimum atomic E-state index is -1.76. The van der Waals surface area contributed by atoms with Crippen LogP contribution >= 0.6 is 0 Å². The van der Waals surface area contributed by atoms with Gasteiger partial charge in [0.05, 0.1) is 5.69 Å². The number of ether oxygens (including phenoxy) is 2. The van der Waals surface area contributed by atoms with Crippen molar-refractivity contribution in [2.24, 2.45) is 0 Å². The normalized spacial score (nSPS) is 30.9. The van der Waals surface area contributed by atoms with Gasteiger partial charge in [-0.2, -0.15) is 0 Å². The van der Waals surface area contributed by atoms with Crippen LogP contribution in [0.5, 0.6) is 5.75 Å². The zero-order chi connectivity index (χ0) is 17.1. The molecule has 0 unspecified atom stereocenters. The molecule has 1 aliphatic rings. The van der Waals surface area contributed by atoms with Crippen molar-refractivity contribution < 1.29 is 34.7 Å². The standard InChI is InChI=1S/C15H21NO7/c1-2-3-7-4-5-9(8(16)6-7)22-15-12(19)10(17)11(18)13(23-15)14(20)21/h4-6,10-13,15,17-19H,2-3,16H2,1H3,(H,20,21)/t10-,11-,12+,13-,15+/m0/s1. The maximum Gasteiger partial charge on any atom is 0.335 e. The monoisotopic (exact) mass is 327 g/mol. The van der Waals surface area contributed by atoms with Gasteiger partial charge in [-0.25, -0.2) is 4.79 Å². The Labute approximate surface area is 133 Å². The van der Waals surface area contributed by atoms with Crippen molar-refractivity contribution in [2.45, 2.75) is 50.5 Å². The van der Waals surface area contributed by atoms with E-state index in [1.54, 1.807) is 18.2 Å². The Morgan fingerprint density at radius 1 is 1.26 bits per heavy atom. The summed E-state index contributed by atoms with van der Waals surface area (Å²) in [5.41, 5.74) is 7.20. The predicted molar refractivity (Wildman–Crippen MR) is 79.8 cm³/mol. The summed E-state index contributed by atoms with van der Waals surface area (Å²) >= 11 is 0. The summed E-state index contributed by atoms with van der Waals surface area (Å²) in [6, 6.07) is 5.10. The molecule has 2 rings (SSSR count). The second-order valence-electron chi connectivity index (χ2n) is 5.48. The van der Waals surface area contributed by atoms with Crippen molar-refractivity contribution >= 4 is 11.7 Å². The number of hydrogen-bond acceptors (Lipinski definition) is 7. The van der Waals surface area contributed by atoms with E-state index in [1.807, 2.05) is 6.92 Å². The second kappa shape index (κ2) is 7.14. The minimum Gasteiger partial charge on any atom is -0.479 e. The number of carbonyl (C=O) groups is 1. The molecule has 0 amide bonds. The smallest absolute Gasteiger partial charge is 0.335 e. The number of hydrogen-bond donors (Lipinski definition) is 5. The van der Waals surface area contributed by atoms with Gasteiger partial charge in [-0.3, -0.25) is 0 Å². The van der Waals surface area contributed by atoms with Gasteiger partial charge in [0.15, 0.2) is 6.10 Å². The van der Waals surface area contributed by atoms with Crippen LogP contribution in [-0.2, 0) is 16.0 Å². The molecule has 8 heteroatoms. The van der Waals surface area contributed by atoms with Crippen LogP contribution in [0.15, 0.2) is 18.2 Å². The Balaban J connectivity index is 2.16. The number of aliphatic carboxylic acids is 1. The number of rotatable bonds is 5. The van der Waals surface area contributed by atoms with E-state index < -0.39 is 36.7 Å². The summed E-state index contributed by atoms with van der Waals surface area (Å²) in [6.45, 7) is 2.03. The van der Waals surface area contributed by atoms with Crippen molar-refractivity contribution in [3.63, 3.8) is 0 Å². The first-order valence-corrected chi connectivity index (χ1v) is 7.32. The lowest BCUT2D eigenvalue weighted by Crippen LogP contribution is -2.61. The highest BCUT2D eigenvalue weighted by atomic mass is 16.7. The first-order valence-electron chi connectivity index (χ1n) is 7.32. The molecule has 5 atom stereocenters. The highest BCUT2D eigenvalue weighted by Gasteiger charge is 2.48. The maximum absolute atomic E-state index is 11.0. The van der Waals surface area contributed by atoms with Gasteiger partial charge >= 0.3 is 5.97 Å². The summed E-state index contributed by atoms with van der Waals surface area (Å²) in [6.07, 6.45) is -6.46. The quantitative estimate of drug-likeness (QED) is 0.455. The Morgan fingerprint density at radius 3 is 2.52 bits per heavy atom. The molecular formula is C15H21NO7. The number of nitrogen functional groups attached to an aromatic ring is 1. The molecule has 0 radical (unpaired) electrons. The first kappa shape index (κ1) is 17.5. The average molecular weight is 327 g/mol. The number of aliphatic hydroxyl groups is 3. The lowest BCUT2D eigenvalue weighted by atomic mass is 9.99. The third kappa shape index (κ3) is 3.73. The van der Waals surface area contributed by atoms with Crippen LogP contribution in [0.4, 0.5) is 5.69 Å². The fraction of sp³-hybridized carbons (Fsp3) is 0.533. The molecule has 23 heavy (non-hydrogen) atoms. The number of carboxylic acids is 1. The molecule has 1 heterocycles. The van der Waals surface area contributed by atoms with Crippen LogP contribution in [0, 0.1) is 0 Å². The van der Waals surface area contributed by atoms with Crippen molar-refractivity contribution in [3.8, 4) is 5.75 Å².